The molecule has 0 fully saturated rings. The van der Waals surface area contributed by atoms with Crippen molar-refractivity contribution in [2.24, 2.45) is 5.10 Å². The van der Waals surface area contributed by atoms with Crippen LogP contribution in [0.15, 0.2) is 23.3 Å². The van der Waals surface area contributed by atoms with Gasteiger partial charge < -0.3 is 4.57 Å². The fourth-order valence-electron chi connectivity index (χ4n) is 2.02. The van der Waals surface area contributed by atoms with Gasteiger partial charge in [-0.25, -0.2) is 4.98 Å². The highest BCUT2D eigenvalue weighted by Crippen LogP contribution is 2.20. The van der Waals surface area contributed by atoms with Gasteiger partial charge in [0.05, 0.1) is 16.7 Å². The van der Waals surface area contributed by atoms with Crippen molar-refractivity contribution in [1.82, 2.24) is 9.55 Å². The maximum absolute atomic E-state index is 8.62. The Morgan fingerprint density at radius 3 is 2.80 bits per heavy atom. The van der Waals surface area contributed by atoms with Crippen LogP contribution in [0.5, 0.6) is 0 Å². The molecule has 1 aromatic carbocycles. The SMILES string of the molecule is CCCn1c(C)nc2cc(NN=C(C#N)C#N)ccc21. The summed E-state index contributed by atoms with van der Waals surface area (Å²) in [5.74, 6) is 0.970. The summed E-state index contributed by atoms with van der Waals surface area (Å²) in [6.45, 7) is 5.03. The zero-order valence-electron chi connectivity index (χ0n) is 11.4. The minimum absolute atomic E-state index is 0.210. The monoisotopic (exact) mass is 266 g/mol. The lowest BCUT2D eigenvalue weighted by molar-refractivity contribution is 0.676. The number of nitrogens with zero attached hydrogens (tertiary/aromatic N) is 5. The lowest BCUT2D eigenvalue weighted by Gasteiger charge is -2.04. The molecule has 0 radical (unpaired) electrons. The first kappa shape index (κ1) is 13.6. The van der Waals surface area contributed by atoms with Gasteiger partial charge in [0, 0.05) is 6.54 Å². The standard InChI is InChI=1S/C14H14N6/c1-3-6-20-10(2)17-13-7-11(4-5-14(13)20)18-19-12(8-15)9-16/h4-5,7,18H,3,6H2,1-2H3. The van der Waals surface area contributed by atoms with Crippen LogP contribution in [0, 0.1) is 29.6 Å². The molecular weight excluding hydrogens is 252 g/mol. The molecular formula is C14H14N6. The number of fused-ring (bicyclic) bond motifs is 1. The van der Waals surface area contributed by atoms with E-state index in [1.807, 2.05) is 25.1 Å². The van der Waals surface area contributed by atoms with Crippen LogP contribution >= 0.6 is 0 Å². The van der Waals surface area contributed by atoms with Crippen LogP contribution < -0.4 is 5.43 Å². The van der Waals surface area contributed by atoms with E-state index in [1.54, 1.807) is 12.1 Å². The van der Waals surface area contributed by atoms with E-state index in [-0.39, 0.29) is 5.71 Å². The van der Waals surface area contributed by atoms with Crippen LogP contribution in [0.25, 0.3) is 11.0 Å². The minimum atomic E-state index is -0.210. The predicted molar refractivity (Wildman–Crippen MR) is 77.0 cm³/mol. The van der Waals surface area contributed by atoms with Crippen LogP contribution in [0.2, 0.25) is 0 Å². The van der Waals surface area contributed by atoms with Crippen molar-refractivity contribution in [3.8, 4) is 12.1 Å². The third-order valence-electron chi connectivity index (χ3n) is 2.89. The number of benzene rings is 1. The number of nitrogens with one attached hydrogen (secondary N) is 1. The van der Waals surface area contributed by atoms with Crippen molar-refractivity contribution in [2.75, 3.05) is 5.43 Å². The number of nitriles is 2. The number of aromatic nitrogens is 2. The molecule has 2 rings (SSSR count). The van der Waals surface area contributed by atoms with E-state index >= 15 is 0 Å². The number of hydrogen-bond acceptors (Lipinski definition) is 5. The normalized spacial score (nSPS) is 9.80. The summed E-state index contributed by atoms with van der Waals surface area (Å²) in [6.07, 6.45) is 1.05. The van der Waals surface area contributed by atoms with Gasteiger partial charge in [-0.15, -0.1) is 0 Å². The zero-order chi connectivity index (χ0) is 14.5. The third-order valence-corrected chi connectivity index (χ3v) is 2.89. The molecule has 0 saturated heterocycles. The Morgan fingerprint density at radius 2 is 2.15 bits per heavy atom. The molecule has 0 spiro atoms. The molecule has 6 heteroatoms. The lowest BCUT2D eigenvalue weighted by atomic mass is 10.3. The maximum atomic E-state index is 8.62. The Kier molecular flexibility index (Phi) is 3.97. The lowest BCUT2D eigenvalue weighted by Crippen LogP contribution is -1.99. The van der Waals surface area contributed by atoms with E-state index in [4.69, 9.17) is 10.5 Å². The number of rotatable bonds is 4. The fraction of sp³-hybridized carbons (Fsp3) is 0.286. The van der Waals surface area contributed by atoms with E-state index in [1.165, 1.54) is 0 Å². The molecule has 6 nitrogen and oxygen atoms in total. The van der Waals surface area contributed by atoms with E-state index in [0.29, 0.717) is 5.69 Å². The second kappa shape index (κ2) is 5.85. The Labute approximate surface area is 117 Å². The van der Waals surface area contributed by atoms with Gasteiger partial charge in [-0.05, 0) is 31.5 Å². The third kappa shape index (κ3) is 2.60. The molecule has 20 heavy (non-hydrogen) atoms. The highest BCUT2D eigenvalue weighted by atomic mass is 15.3. The number of anilines is 1. The summed E-state index contributed by atoms with van der Waals surface area (Å²) in [6, 6.07) is 9.06. The maximum Gasteiger partial charge on any atom is 0.237 e. The van der Waals surface area contributed by atoms with Crippen molar-refractivity contribution in [1.29, 1.82) is 10.5 Å². The number of imidazole rings is 1. The van der Waals surface area contributed by atoms with Gasteiger partial charge in [0.1, 0.15) is 18.0 Å². The molecule has 1 aromatic heterocycles. The molecule has 0 aliphatic rings. The summed E-state index contributed by atoms with van der Waals surface area (Å²) < 4.78 is 2.17. The van der Waals surface area contributed by atoms with Crippen LogP contribution in [-0.4, -0.2) is 15.3 Å². The van der Waals surface area contributed by atoms with Gasteiger partial charge in [0.15, 0.2) is 0 Å². The molecule has 0 aliphatic carbocycles. The molecule has 0 aliphatic heterocycles. The van der Waals surface area contributed by atoms with Crippen LogP contribution in [-0.2, 0) is 6.54 Å². The largest absolute Gasteiger partial charge is 0.328 e. The van der Waals surface area contributed by atoms with Crippen molar-refractivity contribution in [3.05, 3.63) is 24.0 Å². The average molecular weight is 266 g/mol. The van der Waals surface area contributed by atoms with E-state index < -0.39 is 0 Å². The summed E-state index contributed by atoms with van der Waals surface area (Å²) in [5.41, 5.74) is 5.12. The molecule has 1 N–H and O–H groups in total. The van der Waals surface area contributed by atoms with E-state index in [0.717, 1.165) is 29.8 Å². The summed E-state index contributed by atoms with van der Waals surface area (Å²) in [5, 5.41) is 20.9. The molecule has 0 atom stereocenters. The van der Waals surface area contributed by atoms with Crippen molar-refractivity contribution in [3.63, 3.8) is 0 Å². The Balaban J connectivity index is 2.34. The molecule has 1 heterocycles. The Hall–Kier alpha value is -2.86. The Bertz CT molecular complexity index is 725. The molecule has 0 bridgehead atoms. The molecule has 2 aromatic rings. The van der Waals surface area contributed by atoms with Crippen LogP contribution in [0.1, 0.15) is 19.2 Å². The van der Waals surface area contributed by atoms with E-state index in [9.17, 15) is 0 Å². The summed E-state index contributed by atoms with van der Waals surface area (Å²) in [7, 11) is 0. The molecule has 0 unspecified atom stereocenters. The average Bonchev–Trinajstić information content (AvgIpc) is 2.76. The number of hydrogen-bond donors (Lipinski definition) is 1. The van der Waals surface area contributed by atoms with Gasteiger partial charge in [-0.2, -0.15) is 15.6 Å². The topological polar surface area (TPSA) is 89.8 Å². The molecule has 0 saturated carbocycles. The van der Waals surface area contributed by atoms with Gasteiger partial charge >= 0.3 is 0 Å². The zero-order valence-corrected chi connectivity index (χ0v) is 11.4. The minimum Gasteiger partial charge on any atom is -0.328 e. The van der Waals surface area contributed by atoms with Gasteiger partial charge in [-0.1, -0.05) is 6.92 Å². The second-order valence-corrected chi connectivity index (χ2v) is 4.31. The smallest absolute Gasteiger partial charge is 0.237 e. The first-order valence-corrected chi connectivity index (χ1v) is 6.30. The van der Waals surface area contributed by atoms with Crippen LogP contribution in [0.4, 0.5) is 5.69 Å². The van der Waals surface area contributed by atoms with Gasteiger partial charge in [0.25, 0.3) is 0 Å². The highest BCUT2D eigenvalue weighted by Gasteiger charge is 2.07. The molecule has 100 valence electrons. The number of hydrazone groups is 1. The predicted octanol–water partition coefficient (Wildman–Crippen LogP) is 2.57. The Morgan fingerprint density at radius 1 is 1.40 bits per heavy atom. The van der Waals surface area contributed by atoms with Gasteiger partial charge in [0.2, 0.25) is 5.71 Å². The second-order valence-electron chi connectivity index (χ2n) is 4.31. The first-order chi connectivity index (χ1) is 9.69. The first-order valence-electron chi connectivity index (χ1n) is 6.30. The van der Waals surface area contributed by atoms with Crippen molar-refractivity contribution >= 4 is 22.4 Å². The molecule has 0 amide bonds. The fourth-order valence-corrected chi connectivity index (χ4v) is 2.02. The summed E-state index contributed by atoms with van der Waals surface area (Å²) >= 11 is 0. The van der Waals surface area contributed by atoms with Crippen molar-refractivity contribution < 1.29 is 0 Å². The van der Waals surface area contributed by atoms with E-state index in [2.05, 4.69) is 27.0 Å². The van der Waals surface area contributed by atoms with Gasteiger partial charge in [-0.3, -0.25) is 5.43 Å². The quantitative estimate of drug-likeness (QED) is 0.680. The number of aryl methyl sites for hydroxylation is 2. The van der Waals surface area contributed by atoms with Crippen molar-refractivity contribution in [2.45, 2.75) is 26.8 Å². The summed E-state index contributed by atoms with van der Waals surface area (Å²) in [4.78, 5) is 4.50. The highest BCUT2D eigenvalue weighted by molar-refractivity contribution is 6.10. The van der Waals surface area contributed by atoms with Crippen LogP contribution in [0.3, 0.4) is 0 Å².